The second-order valence-electron chi connectivity index (χ2n) is 5.69. The number of halogens is 1. The molecule has 2 aromatic rings. The fraction of sp³-hybridized carbons (Fsp3) is 0.375. The zero-order valence-corrected chi connectivity index (χ0v) is 14.9. The van der Waals surface area contributed by atoms with Crippen LogP contribution in [0.15, 0.2) is 18.2 Å². The number of hydrogen-bond donors (Lipinski definition) is 1. The summed E-state index contributed by atoms with van der Waals surface area (Å²) in [5, 5.41) is 12.7. The Bertz CT molecular complexity index is 792. The van der Waals surface area contributed by atoms with Crippen molar-refractivity contribution in [3.05, 3.63) is 33.8 Å². The molecule has 6 nitrogen and oxygen atoms in total. The van der Waals surface area contributed by atoms with E-state index in [1.54, 1.807) is 11.8 Å². The lowest BCUT2D eigenvalue weighted by Crippen LogP contribution is -2.24. The lowest BCUT2D eigenvalue weighted by molar-refractivity contribution is -0.117. The number of nitrogens with one attached hydrogen (secondary N) is 1. The zero-order chi connectivity index (χ0) is 17.3. The van der Waals surface area contributed by atoms with Gasteiger partial charge in [0.1, 0.15) is 5.01 Å². The summed E-state index contributed by atoms with van der Waals surface area (Å²) >= 11 is 7.48. The van der Waals surface area contributed by atoms with Crippen LogP contribution in [0, 0.1) is 6.92 Å². The standard InChI is InChI=1S/C16H17ClN4O2S/c1-3-13(22)18-16-20-19-15(24-16)10-6-14(23)21(8-10)11-5-4-9(2)12(17)7-11/h4-5,7,10H,3,6,8H2,1-2H3,(H,18,20,22)/t10-/m1/s1. The highest BCUT2D eigenvalue weighted by molar-refractivity contribution is 7.15. The minimum Gasteiger partial charge on any atom is -0.312 e. The smallest absolute Gasteiger partial charge is 0.227 e. The second kappa shape index (κ2) is 6.86. The van der Waals surface area contributed by atoms with Crippen molar-refractivity contribution in [2.24, 2.45) is 0 Å². The summed E-state index contributed by atoms with van der Waals surface area (Å²) in [6.07, 6.45) is 0.765. The highest BCUT2D eigenvalue weighted by atomic mass is 35.5. The number of amides is 2. The van der Waals surface area contributed by atoms with Crippen LogP contribution in [0.2, 0.25) is 5.02 Å². The molecule has 1 aliphatic rings. The van der Waals surface area contributed by atoms with Crippen LogP contribution in [0.5, 0.6) is 0 Å². The fourth-order valence-electron chi connectivity index (χ4n) is 2.53. The van der Waals surface area contributed by atoms with Crippen LogP contribution in [0.3, 0.4) is 0 Å². The molecule has 0 saturated carbocycles. The lowest BCUT2D eigenvalue weighted by atomic mass is 10.1. The Morgan fingerprint density at radius 2 is 2.25 bits per heavy atom. The van der Waals surface area contributed by atoms with Gasteiger partial charge in [0.15, 0.2) is 0 Å². The molecule has 2 heterocycles. The van der Waals surface area contributed by atoms with Crippen LogP contribution in [-0.4, -0.2) is 28.6 Å². The molecule has 8 heteroatoms. The number of hydrogen-bond acceptors (Lipinski definition) is 5. The molecule has 126 valence electrons. The van der Waals surface area contributed by atoms with Gasteiger partial charge in [0.05, 0.1) is 0 Å². The third-order valence-corrected chi connectivity index (χ3v) is 5.36. The first-order valence-corrected chi connectivity index (χ1v) is 8.87. The molecule has 1 aromatic heterocycles. The summed E-state index contributed by atoms with van der Waals surface area (Å²) in [4.78, 5) is 25.5. The second-order valence-corrected chi connectivity index (χ2v) is 7.10. The maximum absolute atomic E-state index is 12.4. The SMILES string of the molecule is CCC(=O)Nc1nnc([C@@H]2CC(=O)N(c3ccc(C)c(Cl)c3)C2)s1. The predicted octanol–water partition coefficient (Wildman–Crippen LogP) is 3.37. The maximum Gasteiger partial charge on any atom is 0.227 e. The van der Waals surface area contributed by atoms with E-state index in [2.05, 4.69) is 15.5 Å². The van der Waals surface area contributed by atoms with E-state index in [9.17, 15) is 9.59 Å². The molecule has 1 N–H and O–H groups in total. The van der Waals surface area contributed by atoms with E-state index in [0.717, 1.165) is 16.3 Å². The van der Waals surface area contributed by atoms with E-state index in [1.807, 2.05) is 25.1 Å². The Morgan fingerprint density at radius 1 is 1.46 bits per heavy atom. The van der Waals surface area contributed by atoms with Crippen LogP contribution in [-0.2, 0) is 9.59 Å². The summed E-state index contributed by atoms with van der Waals surface area (Å²) in [5.41, 5.74) is 1.77. The van der Waals surface area contributed by atoms with Gasteiger partial charge in [0.2, 0.25) is 16.9 Å². The molecule has 1 atom stereocenters. The van der Waals surface area contributed by atoms with Crippen molar-refractivity contribution in [3.63, 3.8) is 0 Å². The Labute approximate surface area is 148 Å². The van der Waals surface area contributed by atoms with Crippen molar-refractivity contribution in [1.29, 1.82) is 0 Å². The van der Waals surface area contributed by atoms with Gasteiger partial charge in [-0.1, -0.05) is 35.9 Å². The first kappa shape index (κ1) is 16.9. The number of aryl methyl sites for hydroxylation is 1. The van der Waals surface area contributed by atoms with Crippen LogP contribution >= 0.6 is 22.9 Å². The average Bonchev–Trinajstić information content (AvgIpc) is 3.16. The Kier molecular flexibility index (Phi) is 4.82. The number of carbonyl (C=O) groups is 2. The number of carbonyl (C=O) groups excluding carboxylic acids is 2. The summed E-state index contributed by atoms with van der Waals surface area (Å²) in [6.45, 7) is 4.24. The Hall–Kier alpha value is -1.99. The number of anilines is 2. The van der Waals surface area contributed by atoms with E-state index in [-0.39, 0.29) is 17.7 Å². The van der Waals surface area contributed by atoms with Crippen LogP contribution in [0.1, 0.15) is 36.3 Å². The van der Waals surface area contributed by atoms with Crippen molar-refractivity contribution < 1.29 is 9.59 Å². The molecule has 0 unspecified atom stereocenters. The molecule has 0 bridgehead atoms. The fourth-order valence-corrected chi connectivity index (χ4v) is 3.56. The van der Waals surface area contributed by atoms with Crippen molar-refractivity contribution in [3.8, 4) is 0 Å². The first-order valence-electron chi connectivity index (χ1n) is 7.67. The van der Waals surface area contributed by atoms with Gasteiger partial charge in [-0.15, -0.1) is 10.2 Å². The number of aromatic nitrogens is 2. The molecule has 24 heavy (non-hydrogen) atoms. The maximum atomic E-state index is 12.4. The van der Waals surface area contributed by atoms with E-state index >= 15 is 0 Å². The topological polar surface area (TPSA) is 75.2 Å². The van der Waals surface area contributed by atoms with Crippen LogP contribution in [0.25, 0.3) is 0 Å². The minimum atomic E-state index is -0.101. The van der Waals surface area contributed by atoms with Gasteiger partial charge in [0, 0.05) is 36.0 Å². The van der Waals surface area contributed by atoms with Crippen molar-refractivity contribution in [1.82, 2.24) is 10.2 Å². The predicted molar refractivity (Wildman–Crippen MR) is 94.7 cm³/mol. The quantitative estimate of drug-likeness (QED) is 0.902. The van der Waals surface area contributed by atoms with Crippen LogP contribution < -0.4 is 10.2 Å². The highest BCUT2D eigenvalue weighted by Crippen LogP contribution is 2.35. The molecule has 0 spiro atoms. The van der Waals surface area contributed by atoms with E-state index in [0.29, 0.717) is 29.5 Å². The van der Waals surface area contributed by atoms with Crippen molar-refractivity contribution in [2.75, 3.05) is 16.8 Å². The molecule has 1 saturated heterocycles. The molecule has 1 aliphatic heterocycles. The normalized spacial score (nSPS) is 17.4. The average molecular weight is 365 g/mol. The summed E-state index contributed by atoms with van der Waals surface area (Å²) in [5.74, 6) is -0.0901. The van der Waals surface area contributed by atoms with Gasteiger partial charge in [-0.05, 0) is 24.6 Å². The first-order chi connectivity index (χ1) is 11.5. The minimum absolute atomic E-state index is 0.0256. The Morgan fingerprint density at radius 3 is 2.96 bits per heavy atom. The zero-order valence-electron chi connectivity index (χ0n) is 13.4. The monoisotopic (exact) mass is 364 g/mol. The summed E-state index contributed by atoms with van der Waals surface area (Å²) in [7, 11) is 0. The third-order valence-electron chi connectivity index (χ3n) is 3.95. The molecular formula is C16H17ClN4O2S. The van der Waals surface area contributed by atoms with Gasteiger partial charge in [-0.2, -0.15) is 0 Å². The van der Waals surface area contributed by atoms with Gasteiger partial charge in [-0.3, -0.25) is 9.59 Å². The van der Waals surface area contributed by atoms with Gasteiger partial charge in [-0.25, -0.2) is 0 Å². The summed E-state index contributed by atoms with van der Waals surface area (Å²) < 4.78 is 0. The van der Waals surface area contributed by atoms with E-state index < -0.39 is 0 Å². The number of benzene rings is 1. The summed E-state index contributed by atoms with van der Waals surface area (Å²) in [6, 6.07) is 5.61. The number of nitrogens with zero attached hydrogens (tertiary/aromatic N) is 3. The molecule has 3 rings (SSSR count). The van der Waals surface area contributed by atoms with E-state index in [4.69, 9.17) is 11.6 Å². The highest BCUT2D eigenvalue weighted by Gasteiger charge is 2.34. The lowest BCUT2D eigenvalue weighted by Gasteiger charge is -2.17. The molecule has 2 amide bonds. The van der Waals surface area contributed by atoms with Crippen LogP contribution in [0.4, 0.5) is 10.8 Å². The van der Waals surface area contributed by atoms with Gasteiger partial charge in [0.25, 0.3) is 0 Å². The van der Waals surface area contributed by atoms with Gasteiger partial charge >= 0.3 is 0 Å². The molecule has 1 aromatic carbocycles. The third kappa shape index (κ3) is 3.42. The molecular weight excluding hydrogens is 348 g/mol. The largest absolute Gasteiger partial charge is 0.312 e. The van der Waals surface area contributed by atoms with E-state index in [1.165, 1.54) is 11.3 Å². The molecule has 1 fully saturated rings. The van der Waals surface area contributed by atoms with Gasteiger partial charge < -0.3 is 10.2 Å². The van der Waals surface area contributed by atoms with Crippen molar-refractivity contribution >= 4 is 45.6 Å². The molecule has 0 aliphatic carbocycles. The van der Waals surface area contributed by atoms with Crippen molar-refractivity contribution in [2.45, 2.75) is 32.6 Å². The number of rotatable bonds is 4. The Balaban J connectivity index is 1.74. The molecule has 0 radical (unpaired) electrons.